The maximum absolute atomic E-state index is 12.6. The molecule has 3 fully saturated rings. The van der Waals surface area contributed by atoms with Crippen molar-refractivity contribution in [3.05, 3.63) is 23.9 Å². The smallest absolute Gasteiger partial charge is 0.290 e. The first-order valence-corrected chi connectivity index (χ1v) is 10.6. The Morgan fingerprint density at radius 2 is 1.93 bits per heavy atom. The fraction of sp³-hybridized carbons (Fsp3) is 0.619. The zero-order valence-electron chi connectivity index (χ0n) is 17.1. The van der Waals surface area contributed by atoms with Crippen LogP contribution in [-0.4, -0.2) is 77.2 Å². The largest absolute Gasteiger partial charge is 0.483 e. The minimum Gasteiger partial charge on any atom is -0.483 e. The molecule has 1 spiro atoms. The van der Waals surface area contributed by atoms with Gasteiger partial charge in [0, 0.05) is 38.9 Å². The second-order valence-corrected chi connectivity index (χ2v) is 8.10. The molecule has 9 nitrogen and oxygen atoms in total. The van der Waals surface area contributed by atoms with Crippen molar-refractivity contribution in [3.8, 4) is 0 Å². The summed E-state index contributed by atoms with van der Waals surface area (Å²) in [6.07, 6.45) is 6.48. The van der Waals surface area contributed by atoms with E-state index in [0.29, 0.717) is 38.0 Å². The highest BCUT2D eigenvalue weighted by molar-refractivity contribution is 5.94. The van der Waals surface area contributed by atoms with Crippen molar-refractivity contribution in [2.45, 2.75) is 44.6 Å². The van der Waals surface area contributed by atoms with Gasteiger partial charge < -0.3 is 25.3 Å². The molecule has 3 N–H and O–H groups in total. The molecular weight excluding hydrogens is 388 g/mol. The number of carbonyl (C=O) groups excluding carboxylic acids is 2. The predicted molar refractivity (Wildman–Crippen MR) is 110 cm³/mol. The van der Waals surface area contributed by atoms with Crippen LogP contribution in [0.15, 0.2) is 18.3 Å². The molecule has 0 unspecified atom stereocenters. The molecule has 2 amide bonds. The van der Waals surface area contributed by atoms with E-state index in [0.717, 1.165) is 38.2 Å². The summed E-state index contributed by atoms with van der Waals surface area (Å²) in [5.74, 6) is 0.753. The van der Waals surface area contributed by atoms with Gasteiger partial charge in [0.2, 0.25) is 5.91 Å². The number of aromatic nitrogens is 1. The van der Waals surface area contributed by atoms with Gasteiger partial charge in [-0.05, 0) is 50.7 Å². The van der Waals surface area contributed by atoms with E-state index >= 15 is 0 Å². The number of carboxylic acid groups (broad SMARTS) is 1. The molecular formula is C21H30N4O5. The quantitative estimate of drug-likeness (QED) is 0.609. The Morgan fingerprint density at radius 3 is 2.57 bits per heavy atom. The summed E-state index contributed by atoms with van der Waals surface area (Å²) in [6, 6.07) is 3.70. The first-order chi connectivity index (χ1) is 14.5. The van der Waals surface area contributed by atoms with E-state index in [-0.39, 0.29) is 18.3 Å². The number of amides is 2. The molecule has 4 heterocycles. The highest BCUT2D eigenvalue weighted by atomic mass is 16.3. The summed E-state index contributed by atoms with van der Waals surface area (Å²) < 4.78 is 0. The Labute approximate surface area is 176 Å². The topological polar surface area (TPSA) is 123 Å². The van der Waals surface area contributed by atoms with Crippen LogP contribution in [0.2, 0.25) is 0 Å². The molecule has 0 aliphatic carbocycles. The minimum atomic E-state index is -0.750. The second-order valence-electron chi connectivity index (χ2n) is 8.10. The number of hydrogen-bond donors (Lipinski definition) is 3. The Balaban J connectivity index is 0.000000806. The lowest BCUT2D eigenvalue weighted by atomic mass is 9.71. The first kappa shape index (κ1) is 22.0. The molecule has 0 aromatic carbocycles. The number of carbonyl (C=O) groups is 3. The summed E-state index contributed by atoms with van der Waals surface area (Å²) >= 11 is 0. The van der Waals surface area contributed by atoms with Crippen LogP contribution in [0.4, 0.5) is 5.82 Å². The fourth-order valence-electron chi connectivity index (χ4n) is 4.62. The van der Waals surface area contributed by atoms with Crippen LogP contribution in [0.1, 0.15) is 48.9 Å². The monoisotopic (exact) mass is 418 g/mol. The van der Waals surface area contributed by atoms with Crippen molar-refractivity contribution >= 4 is 24.1 Å². The molecule has 0 radical (unpaired) electrons. The number of nitrogens with one attached hydrogen (secondary N) is 1. The van der Waals surface area contributed by atoms with E-state index in [2.05, 4.69) is 15.2 Å². The van der Waals surface area contributed by atoms with Crippen LogP contribution in [-0.2, 0) is 9.59 Å². The average molecular weight is 418 g/mol. The molecule has 3 aliphatic rings. The predicted octanol–water partition coefficient (Wildman–Crippen LogP) is 0.876. The number of nitrogens with zero attached hydrogens (tertiary/aromatic N) is 3. The normalized spacial score (nSPS) is 26.4. The maximum atomic E-state index is 12.6. The summed E-state index contributed by atoms with van der Waals surface area (Å²) in [7, 11) is 0. The molecule has 2 atom stereocenters. The lowest BCUT2D eigenvalue weighted by Crippen LogP contribution is -2.61. The molecule has 0 bridgehead atoms. The van der Waals surface area contributed by atoms with Gasteiger partial charge in [0.1, 0.15) is 5.82 Å². The fourth-order valence-corrected chi connectivity index (χ4v) is 4.62. The van der Waals surface area contributed by atoms with Crippen molar-refractivity contribution in [2.75, 3.05) is 37.6 Å². The molecule has 3 aliphatic heterocycles. The number of pyridine rings is 1. The van der Waals surface area contributed by atoms with Gasteiger partial charge in [-0.2, -0.15) is 0 Å². The number of likely N-dealkylation sites (tertiary alicyclic amines) is 1. The van der Waals surface area contributed by atoms with Crippen molar-refractivity contribution < 1.29 is 24.6 Å². The third kappa shape index (κ3) is 4.56. The van der Waals surface area contributed by atoms with Gasteiger partial charge in [0.05, 0.1) is 17.1 Å². The number of aliphatic hydroxyl groups is 1. The van der Waals surface area contributed by atoms with Crippen LogP contribution in [0, 0.1) is 5.41 Å². The van der Waals surface area contributed by atoms with Crippen LogP contribution >= 0.6 is 0 Å². The molecule has 1 aromatic heterocycles. The summed E-state index contributed by atoms with van der Waals surface area (Å²) in [5.41, 5.74) is -0.136. The van der Waals surface area contributed by atoms with Gasteiger partial charge in [-0.25, -0.2) is 4.98 Å². The molecule has 9 heteroatoms. The Bertz CT molecular complexity index is 750. The standard InChI is InChI=1S/C20H28N4O3.CH2O2/c25-16-7-12-24(14-20(16)8-4-9-21-19(20)27)17-6-5-15(13-22-17)18(26)23-10-2-1-3-11-23;2-1-3/h5-6,13,16,25H,1-4,7-12,14H2,(H,21,27);1H,(H,2,3)/t16-,20+;/m0./s1. The van der Waals surface area contributed by atoms with Crippen molar-refractivity contribution in [1.82, 2.24) is 15.2 Å². The maximum Gasteiger partial charge on any atom is 0.290 e. The molecule has 4 rings (SSSR count). The Morgan fingerprint density at radius 1 is 1.20 bits per heavy atom. The summed E-state index contributed by atoms with van der Waals surface area (Å²) in [6.45, 7) is 3.19. The minimum absolute atomic E-state index is 0.0472. The highest BCUT2D eigenvalue weighted by Gasteiger charge is 2.50. The summed E-state index contributed by atoms with van der Waals surface area (Å²) in [4.78, 5) is 41.9. The van der Waals surface area contributed by atoms with Crippen molar-refractivity contribution in [3.63, 3.8) is 0 Å². The lowest BCUT2D eigenvalue weighted by Gasteiger charge is -2.47. The third-order valence-corrected chi connectivity index (χ3v) is 6.28. The number of aliphatic hydroxyl groups excluding tert-OH is 1. The summed E-state index contributed by atoms with van der Waals surface area (Å²) in [5, 5.41) is 20.3. The van der Waals surface area contributed by atoms with Crippen LogP contribution in [0.25, 0.3) is 0 Å². The Kier molecular flexibility index (Phi) is 7.25. The average Bonchev–Trinajstić information content (AvgIpc) is 2.78. The van der Waals surface area contributed by atoms with Gasteiger partial charge in [-0.3, -0.25) is 14.4 Å². The number of piperidine rings is 3. The third-order valence-electron chi connectivity index (χ3n) is 6.28. The van der Waals surface area contributed by atoms with Gasteiger partial charge >= 0.3 is 0 Å². The Hall–Kier alpha value is -2.68. The van der Waals surface area contributed by atoms with Gasteiger partial charge in [-0.15, -0.1) is 0 Å². The second kappa shape index (κ2) is 9.88. The van der Waals surface area contributed by atoms with E-state index < -0.39 is 11.5 Å². The van der Waals surface area contributed by atoms with Gasteiger partial charge in [-0.1, -0.05) is 0 Å². The van der Waals surface area contributed by atoms with Crippen LogP contribution in [0.3, 0.4) is 0 Å². The van der Waals surface area contributed by atoms with Crippen molar-refractivity contribution in [1.29, 1.82) is 0 Å². The lowest BCUT2D eigenvalue weighted by molar-refractivity contribution is -0.142. The zero-order chi connectivity index (χ0) is 21.6. The molecule has 1 aromatic rings. The molecule has 30 heavy (non-hydrogen) atoms. The number of hydrogen-bond acceptors (Lipinski definition) is 6. The van der Waals surface area contributed by atoms with Gasteiger partial charge in [0.25, 0.3) is 12.4 Å². The first-order valence-electron chi connectivity index (χ1n) is 10.6. The van der Waals surface area contributed by atoms with E-state index in [9.17, 15) is 14.7 Å². The van der Waals surface area contributed by atoms with E-state index in [4.69, 9.17) is 9.90 Å². The zero-order valence-corrected chi connectivity index (χ0v) is 17.1. The number of anilines is 1. The SMILES string of the molecule is O=C(c1ccc(N2CC[C@H](O)[C@@]3(CCCNC3=O)C2)nc1)N1CCCCC1.O=CO. The van der Waals surface area contributed by atoms with E-state index in [1.54, 1.807) is 6.20 Å². The number of rotatable bonds is 2. The van der Waals surface area contributed by atoms with E-state index in [1.807, 2.05) is 17.0 Å². The van der Waals surface area contributed by atoms with E-state index in [1.165, 1.54) is 6.42 Å². The molecule has 3 saturated heterocycles. The highest BCUT2D eigenvalue weighted by Crippen LogP contribution is 2.38. The molecule has 164 valence electrons. The molecule has 0 saturated carbocycles. The van der Waals surface area contributed by atoms with Crippen LogP contribution < -0.4 is 10.2 Å². The van der Waals surface area contributed by atoms with Crippen molar-refractivity contribution in [2.24, 2.45) is 5.41 Å². The van der Waals surface area contributed by atoms with Gasteiger partial charge in [0.15, 0.2) is 0 Å². The van der Waals surface area contributed by atoms with Crippen LogP contribution in [0.5, 0.6) is 0 Å².